The second-order valence-electron chi connectivity index (χ2n) is 3.87. The van der Waals surface area contributed by atoms with Crippen molar-refractivity contribution in [3.63, 3.8) is 0 Å². The maximum Gasteiger partial charge on any atom is 0.417 e. The van der Waals surface area contributed by atoms with E-state index in [1.165, 1.54) is 0 Å². The molecule has 5 nitrogen and oxygen atoms in total. The molecule has 1 heterocycles. The summed E-state index contributed by atoms with van der Waals surface area (Å²) in [4.78, 5) is 15.8. The molecular formula is C11H15N3O2. The number of rotatable bonds is 4. The van der Waals surface area contributed by atoms with Crippen molar-refractivity contribution in [1.29, 1.82) is 0 Å². The fourth-order valence-electron chi connectivity index (χ4n) is 1.74. The van der Waals surface area contributed by atoms with Crippen LogP contribution in [-0.4, -0.2) is 30.6 Å². The SMILES string of the molecule is CNCN(C)Cc1ccc2oc(=O)[nH]c2c1. The van der Waals surface area contributed by atoms with E-state index in [0.29, 0.717) is 5.58 Å². The minimum absolute atomic E-state index is 0.407. The molecule has 16 heavy (non-hydrogen) atoms. The van der Waals surface area contributed by atoms with Crippen molar-refractivity contribution in [3.05, 3.63) is 34.3 Å². The quantitative estimate of drug-likeness (QED) is 0.747. The highest BCUT2D eigenvalue weighted by Gasteiger charge is 2.03. The van der Waals surface area contributed by atoms with Crippen LogP contribution in [0.4, 0.5) is 0 Å². The van der Waals surface area contributed by atoms with E-state index in [9.17, 15) is 4.79 Å². The first-order chi connectivity index (χ1) is 7.69. The fraction of sp³-hybridized carbons (Fsp3) is 0.364. The van der Waals surface area contributed by atoms with Crippen molar-refractivity contribution in [2.75, 3.05) is 20.8 Å². The molecule has 0 aliphatic rings. The van der Waals surface area contributed by atoms with Gasteiger partial charge in [0.2, 0.25) is 0 Å². The number of hydrogen-bond acceptors (Lipinski definition) is 4. The Morgan fingerprint density at radius 1 is 1.50 bits per heavy atom. The summed E-state index contributed by atoms with van der Waals surface area (Å²) in [7, 11) is 3.94. The summed E-state index contributed by atoms with van der Waals surface area (Å²) in [6, 6.07) is 5.72. The standard InChI is InChI=1S/C11H15N3O2/c1-12-7-14(2)6-8-3-4-10-9(5-8)13-11(15)16-10/h3-5,12H,6-7H2,1-2H3,(H,13,15). The maximum absolute atomic E-state index is 11.0. The van der Waals surface area contributed by atoms with Gasteiger partial charge in [-0.3, -0.25) is 9.88 Å². The molecule has 0 aliphatic carbocycles. The Bertz CT molecular complexity index is 529. The first-order valence-electron chi connectivity index (χ1n) is 5.14. The van der Waals surface area contributed by atoms with E-state index >= 15 is 0 Å². The third kappa shape index (κ3) is 2.32. The normalized spacial score (nSPS) is 11.4. The Morgan fingerprint density at radius 2 is 2.31 bits per heavy atom. The smallest absolute Gasteiger partial charge is 0.408 e. The summed E-state index contributed by atoms with van der Waals surface area (Å²) in [5.74, 6) is -0.407. The molecule has 0 unspecified atom stereocenters. The van der Waals surface area contributed by atoms with Crippen molar-refractivity contribution in [2.24, 2.45) is 0 Å². The largest absolute Gasteiger partial charge is 0.417 e. The molecule has 0 saturated carbocycles. The summed E-state index contributed by atoms with van der Waals surface area (Å²) in [5, 5.41) is 3.08. The summed E-state index contributed by atoms with van der Waals surface area (Å²) in [6.07, 6.45) is 0. The molecule has 0 atom stereocenters. The van der Waals surface area contributed by atoms with Crippen LogP contribution in [0.5, 0.6) is 0 Å². The number of nitrogens with one attached hydrogen (secondary N) is 2. The predicted octanol–water partition coefficient (Wildman–Crippen LogP) is 0.730. The first kappa shape index (κ1) is 10.9. The van der Waals surface area contributed by atoms with E-state index in [1.54, 1.807) is 0 Å². The molecule has 0 spiro atoms. The average Bonchev–Trinajstić information content (AvgIpc) is 2.57. The van der Waals surface area contributed by atoms with Gasteiger partial charge in [-0.05, 0) is 31.8 Å². The van der Waals surface area contributed by atoms with Crippen molar-refractivity contribution >= 4 is 11.1 Å². The summed E-state index contributed by atoms with van der Waals surface area (Å²) < 4.78 is 4.94. The number of benzene rings is 1. The molecule has 2 N–H and O–H groups in total. The van der Waals surface area contributed by atoms with Crippen LogP contribution in [0, 0.1) is 0 Å². The molecule has 0 fully saturated rings. The van der Waals surface area contributed by atoms with E-state index in [2.05, 4.69) is 15.2 Å². The van der Waals surface area contributed by atoms with Crippen LogP contribution in [0.25, 0.3) is 11.1 Å². The highest BCUT2D eigenvalue weighted by Crippen LogP contribution is 2.13. The van der Waals surface area contributed by atoms with E-state index in [-0.39, 0.29) is 0 Å². The topological polar surface area (TPSA) is 61.3 Å². The molecule has 2 rings (SSSR count). The number of nitrogens with zero attached hydrogens (tertiary/aromatic N) is 1. The Morgan fingerprint density at radius 3 is 3.06 bits per heavy atom. The van der Waals surface area contributed by atoms with Gasteiger partial charge in [-0.25, -0.2) is 4.79 Å². The second kappa shape index (κ2) is 4.51. The van der Waals surface area contributed by atoms with Gasteiger partial charge < -0.3 is 9.73 Å². The summed E-state index contributed by atoms with van der Waals surface area (Å²) in [5.41, 5.74) is 2.49. The highest BCUT2D eigenvalue weighted by molar-refractivity contribution is 5.72. The Kier molecular flexibility index (Phi) is 3.07. The van der Waals surface area contributed by atoms with Gasteiger partial charge in [0.1, 0.15) is 0 Å². The maximum atomic E-state index is 11.0. The van der Waals surface area contributed by atoms with Crippen LogP contribution in [0.1, 0.15) is 5.56 Å². The number of H-pyrrole nitrogens is 1. The Balaban J connectivity index is 2.22. The lowest BCUT2D eigenvalue weighted by molar-refractivity contribution is 0.310. The zero-order valence-electron chi connectivity index (χ0n) is 9.41. The van der Waals surface area contributed by atoms with Crippen LogP contribution in [0.15, 0.2) is 27.4 Å². The molecule has 2 aromatic rings. The van der Waals surface area contributed by atoms with E-state index < -0.39 is 5.76 Å². The molecule has 0 amide bonds. The number of fused-ring (bicyclic) bond motifs is 1. The van der Waals surface area contributed by atoms with Crippen molar-refractivity contribution < 1.29 is 4.42 Å². The van der Waals surface area contributed by atoms with Gasteiger partial charge in [-0.2, -0.15) is 0 Å². The van der Waals surface area contributed by atoms with Crippen LogP contribution < -0.4 is 11.1 Å². The lowest BCUT2D eigenvalue weighted by atomic mass is 10.2. The Labute approximate surface area is 93.1 Å². The third-order valence-electron chi connectivity index (χ3n) is 2.36. The zero-order chi connectivity index (χ0) is 11.5. The predicted molar refractivity (Wildman–Crippen MR) is 62.2 cm³/mol. The molecule has 5 heteroatoms. The van der Waals surface area contributed by atoms with Crippen LogP contribution >= 0.6 is 0 Å². The van der Waals surface area contributed by atoms with Gasteiger partial charge in [-0.1, -0.05) is 6.07 Å². The lowest BCUT2D eigenvalue weighted by Gasteiger charge is -2.15. The van der Waals surface area contributed by atoms with E-state index in [1.807, 2.05) is 32.3 Å². The fourth-order valence-corrected chi connectivity index (χ4v) is 1.74. The van der Waals surface area contributed by atoms with Crippen molar-refractivity contribution in [2.45, 2.75) is 6.54 Å². The number of oxazole rings is 1. The summed E-state index contributed by atoms with van der Waals surface area (Å²) >= 11 is 0. The highest BCUT2D eigenvalue weighted by atomic mass is 16.4. The summed E-state index contributed by atoms with van der Waals surface area (Å²) in [6.45, 7) is 1.64. The van der Waals surface area contributed by atoms with Crippen LogP contribution in [0.3, 0.4) is 0 Å². The van der Waals surface area contributed by atoms with Crippen molar-refractivity contribution in [1.82, 2.24) is 15.2 Å². The minimum Gasteiger partial charge on any atom is -0.408 e. The second-order valence-corrected chi connectivity index (χ2v) is 3.87. The molecule has 86 valence electrons. The minimum atomic E-state index is -0.407. The zero-order valence-corrected chi connectivity index (χ0v) is 9.41. The number of aromatic nitrogens is 1. The molecule has 1 aromatic heterocycles. The number of hydrogen-bond donors (Lipinski definition) is 2. The van der Waals surface area contributed by atoms with Gasteiger partial charge in [0, 0.05) is 13.2 Å². The Hall–Kier alpha value is -1.59. The van der Waals surface area contributed by atoms with Crippen LogP contribution in [-0.2, 0) is 6.54 Å². The monoisotopic (exact) mass is 221 g/mol. The third-order valence-corrected chi connectivity index (χ3v) is 2.36. The van der Waals surface area contributed by atoms with Gasteiger partial charge in [0.25, 0.3) is 0 Å². The van der Waals surface area contributed by atoms with Gasteiger partial charge in [-0.15, -0.1) is 0 Å². The van der Waals surface area contributed by atoms with Gasteiger partial charge in [0.05, 0.1) is 5.52 Å². The van der Waals surface area contributed by atoms with Gasteiger partial charge >= 0.3 is 5.76 Å². The van der Waals surface area contributed by atoms with Gasteiger partial charge in [0.15, 0.2) is 5.58 Å². The molecule has 0 saturated heterocycles. The molecular weight excluding hydrogens is 206 g/mol. The first-order valence-corrected chi connectivity index (χ1v) is 5.14. The number of aromatic amines is 1. The molecule has 1 aromatic carbocycles. The average molecular weight is 221 g/mol. The molecule has 0 bridgehead atoms. The van der Waals surface area contributed by atoms with Crippen LogP contribution in [0.2, 0.25) is 0 Å². The van der Waals surface area contributed by atoms with E-state index in [0.717, 1.165) is 24.3 Å². The van der Waals surface area contributed by atoms with E-state index in [4.69, 9.17) is 4.42 Å². The van der Waals surface area contributed by atoms with Crippen molar-refractivity contribution in [3.8, 4) is 0 Å². The molecule has 0 aliphatic heterocycles. The lowest BCUT2D eigenvalue weighted by Crippen LogP contribution is -2.27. The molecule has 0 radical (unpaired) electrons.